The Morgan fingerprint density at radius 1 is 0.900 bits per heavy atom. The van der Waals surface area contributed by atoms with E-state index in [9.17, 15) is 13.2 Å². The van der Waals surface area contributed by atoms with Crippen LogP contribution in [0.15, 0.2) is 71.8 Å². The summed E-state index contributed by atoms with van der Waals surface area (Å²) in [6, 6.07) is 17.5. The molecule has 1 N–H and O–H groups in total. The van der Waals surface area contributed by atoms with Crippen LogP contribution in [0, 0.1) is 20.8 Å². The van der Waals surface area contributed by atoms with E-state index >= 15 is 0 Å². The third kappa shape index (κ3) is 5.24. The summed E-state index contributed by atoms with van der Waals surface area (Å²) in [5.74, 6) is 0.146. The smallest absolute Gasteiger partial charge is 0.264 e. The zero-order valence-corrected chi connectivity index (χ0v) is 18.1. The molecule has 2 aromatic carbocycles. The lowest BCUT2D eigenvalue weighted by Crippen LogP contribution is -2.34. The minimum absolute atomic E-state index is 0.00537. The summed E-state index contributed by atoms with van der Waals surface area (Å²) in [5, 5.41) is 2.73. The first kappa shape index (κ1) is 21.5. The molecule has 0 aliphatic carbocycles. The minimum Gasteiger partial charge on any atom is -0.311 e. The molecule has 7 heteroatoms. The van der Waals surface area contributed by atoms with Gasteiger partial charge in [0, 0.05) is 19.2 Å². The average Bonchev–Trinajstić information content (AvgIpc) is 2.69. The maximum atomic E-state index is 13.3. The van der Waals surface area contributed by atoms with E-state index in [0.29, 0.717) is 11.5 Å². The van der Waals surface area contributed by atoms with Crippen molar-refractivity contribution in [2.24, 2.45) is 0 Å². The first-order chi connectivity index (χ1) is 14.3. The number of hydrogen-bond donors (Lipinski definition) is 1. The quantitative estimate of drug-likeness (QED) is 0.617. The van der Waals surface area contributed by atoms with Crippen LogP contribution in [0.2, 0.25) is 0 Å². The van der Waals surface area contributed by atoms with E-state index in [2.05, 4.69) is 10.3 Å². The second kappa shape index (κ2) is 9.09. The Balaban J connectivity index is 1.83. The van der Waals surface area contributed by atoms with Crippen molar-refractivity contribution in [3.05, 3.63) is 83.6 Å². The number of sulfonamides is 1. The maximum Gasteiger partial charge on any atom is 0.264 e. The van der Waals surface area contributed by atoms with Gasteiger partial charge in [-0.1, -0.05) is 35.4 Å². The molecule has 6 nitrogen and oxygen atoms in total. The van der Waals surface area contributed by atoms with Crippen molar-refractivity contribution >= 4 is 27.4 Å². The number of aromatic nitrogens is 1. The Kier molecular flexibility index (Phi) is 6.52. The number of aryl methyl sites for hydroxylation is 3. The summed E-state index contributed by atoms with van der Waals surface area (Å²) >= 11 is 0. The van der Waals surface area contributed by atoms with Gasteiger partial charge in [0.25, 0.3) is 10.0 Å². The molecule has 0 saturated carbocycles. The molecular weight excluding hydrogens is 398 g/mol. The van der Waals surface area contributed by atoms with Gasteiger partial charge in [-0.2, -0.15) is 0 Å². The fourth-order valence-electron chi connectivity index (χ4n) is 2.95. The van der Waals surface area contributed by atoms with Gasteiger partial charge in [-0.25, -0.2) is 13.4 Å². The van der Waals surface area contributed by atoms with Crippen LogP contribution in [0.1, 0.15) is 23.1 Å². The fourth-order valence-corrected chi connectivity index (χ4v) is 4.41. The summed E-state index contributed by atoms with van der Waals surface area (Å²) in [5.41, 5.74) is 3.49. The maximum absolute atomic E-state index is 13.3. The second-order valence-corrected chi connectivity index (χ2v) is 9.10. The van der Waals surface area contributed by atoms with Crippen LogP contribution < -0.4 is 9.62 Å². The molecule has 156 valence electrons. The van der Waals surface area contributed by atoms with Crippen LogP contribution in [0.25, 0.3) is 0 Å². The van der Waals surface area contributed by atoms with Gasteiger partial charge in [0.1, 0.15) is 5.82 Å². The normalized spacial score (nSPS) is 11.2. The summed E-state index contributed by atoms with van der Waals surface area (Å²) in [4.78, 5) is 16.8. The number of hydrogen-bond acceptors (Lipinski definition) is 4. The van der Waals surface area contributed by atoms with E-state index in [4.69, 9.17) is 0 Å². The van der Waals surface area contributed by atoms with Gasteiger partial charge in [-0.3, -0.25) is 9.10 Å². The molecule has 0 fully saturated rings. The van der Waals surface area contributed by atoms with Crippen molar-refractivity contribution in [1.82, 2.24) is 4.98 Å². The highest BCUT2D eigenvalue weighted by Crippen LogP contribution is 2.25. The number of pyridine rings is 1. The average molecular weight is 424 g/mol. The lowest BCUT2D eigenvalue weighted by molar-refractivity contribution is -0.116. The molecule has 0 spiro atoms. The molecule has 30 heavy (non-hydrogen) atoms. The van der Waals surface area contributed by atoms with Gasteiger partial charge in [0.2, 0.25) is 5.91 Å². The molecule has 1 aromatic heterocycles. The summed E-state index contributed by atoms with van der Waals surface area (Å²) < 4.78 is 27.9. The van der Waals surface area contributed by atoms with E-state index in [1.165, 1.54) is 4.31 Å². The first-order valence-electron chi connectivity index (χ1n) is 9.64. The number of carbonyl (C=O) groups excluding carboxylic acids is 1. The molecule has 0 aliphatic heterocycles. The van der Waals surface area contributed by atoms with Gasteiger partial charge >= 0.3 is 0 Å². The molecular formula is C23H25N3O3S. The molecule has 0 aliphatic rings. The van der Waals surface area contributed by atoms with Crippen LogP contribution in [0.3, 0.4) is 0 Å². The van der Waals surface area contributed by atoms with E-state index in [0.717, 1.165) is 16.7 Å². The highest BCUT2D eigenvalue weighted by Gasteiger charge is 2.25. The number of anilines is 2. The Morgan fingerprint density at radius 3 is 2.10 bits per heavy atom. The molecule has 1 heterocycles. The first-order valence-corrected chi connectivity index (χ1v) is 11.1. The van der Waals surface area contributed by atoms with Crippen molar-refractivity contribution in [2.45, 2.75) is 32.1 Å². The standard InChI is InChI=1S/C23H25N3O3S/c1-17-4-8-20(9-5-17)26(30(28,29)21-10-6-18(2)7-11-21)15-13-23(27)25-22-16-19(3)12-14-24-22/h4-12,14,16H,13,15H2,1-3H3,(H,24,25,27). The van der Waals surface area contributed by atoms with Crippen molar-refractivity contribution in [3.63, 3.8) is 0 Å². The van der Waals surface area contributed by atoms with Crippen LogP contribution >= 0.6 is 0 Å². The van der Waals surface area contributed by atoms with Gasteiger partial charge in [-0.05, 0) is 62.7 Å². The highest BCUT2D eigenvalue weighted by molar-refractivity contribution is 7.92. The van der Waals surface area contributed by atoms with E-state index in [-0.39, 0.29) is 23.8 Å². The third-order valence-electron chi connectivity index (χ3n) is 4.66. The predicted octanol–water partition coefficient (Wildman–Crippen LogP) is 4.23. The van der Waals surface area contributed by atoms with Crippen molar-refractivity contribution < 1.29 is 13.2 Å². The van der Waals surface area contributed by atoms with Crippen LogP contribution in [-0.2, 0) is 14.8 Å². The Labute approximate surface area is 177 Å². The lowest BCUT2D eigenvalue weighted by Gasteiger charge is -2.24. The summed E-state index contributed by atoms with van der Waals surface area (Å²) in [6.45, 7) is 5.75. The van der Waals surface area contributed by atoms with Gasteiger partial charge in [-0.15, -0.1) is 0 Å². The Morgan fingerprint density at radius 2 is 1.50 bits per heavy atom. The zero-order chi connectivity index (χ0) is 21.7. The van der Waals surface area contributed by atoms with Crippen LogP contribution in [0.5, 0.6) is 0 Å². The highest BCUT2D eigenvalue weighted by atomic mass is 32.2. The molecule has 0 saturated heterocycles. The molecule has 3 rings (SSSR count). The number of nitrogens with zero attached hydrogens (tertiary/aromatic N) is 2. The fraction of sp³-hybridized carbons (Fsp3) is 0.217. The molecule has 1 amide bonds. The Bertz CT molecular complexity index is 1130. The number of benzene rings is 2. The van der Waals surface area contributed by atoms with Gasteiger partial charge in [0.15, 0.2) is 0 Å². The van der Waals surface area contributed by atoms with E-state index in [1.54, 1.807) is 48.7 Å². The predicted molar refractivity (Wildman–Crippen MR) is 119 cm³/mol. The number of amides is 1. The third-order valence-corrected chi connectivity index (χ3v) is 6.50. The summed E-state index contributed by atoms with van der Waals surface area (Å²) in [7, 11) is -3.82. The van der Waals surface area contributed by atoms with Crippen LogP contribution in [0.4, 0.5) is 11.5 Å². The monoisotopic (exact) mass is 423 g/mol. The van der Waals surface area contributed by atoms with E-state index < -0.39 is 10.0 Å². The molecule has 0 atom stereocenters. The molecule has 3 aromatic rings. The molecule has 0 unspecified atom stereocenters. The van der Waals surface area contributed by atoms with E-state index in [1.807, 2.05) is 39.0 Å². The number of rotatable bonds is 7. The van der Waals surface area contributed by atoms with Crippen molar-refractivity contribution in [1.29, 1.82) is 0 Å². The lowest BCUT2D eigenvalue weighted by atomic mass is 10.2. The minimum atomic E-state index is -3.82. The topological polar surface area (TPSA) is 79.4 Å². The van der Waals surface area contributed by atoms with Gasteiger partial charge in [0.05, 0.1) is 10.6 Å². The molecule has 0 bridgehead atoms. The van der Waals surface area contributed by atoms with Crippen molar-refractivity contribution in [2.75, 3.05) is 16.2 Å². The van der Waals surface area contributed by atoms with Crippen molar-refractivity contribution in [3.8, 4) is 0 Å². The molecule has 0 radical (unpaired) electrons. The second-order valence-electron chi connectivity index (χ2n) is 7.24. The zero-order valence-electron chi connectivity index (χ0n) is 17.3. The SMILES string of the molecule is Cc1ccc(N(CCC(=O)Nc2cc(C)ccn2)S(=O)(=O)c2ccc(C)cc2)cc1. The largest absolute Gasteiger partial charge is 0.311 e. The van der Waals surface area contributed by atoms with Gasteiger partial charge < -0.3 is 5.32 Å². The Hall–Kier alpha value is -3.19. The number of nitrogens with one attached hydrogen (secondary N) is 1. The summed E-state index contributed by atoms with van der Waals surface area (Å²) in [6.07, 6.45) is 1.61. The number of carbonyl (C=O) groups is 1. The van der Waals surface area contributed by atoms with Crippen LogP contribution in [-0.4, -0.2) is 25.9 Å².